The van der Waals surface area contributed by atoms with E-state index in [1.54, 1.807) is 12.2 Å². The van der Waals surface area contributed by atoms with Gasteiger partial charge in [-0.05, 0) is 0 Å². The first kappa shape index (κ1) is 23.2. The van der Waals surface area contributed by atoms with Gasteiger partial charge in [0.2, 0.25) is 34.7 Å². The van der Waals surface area contributed by atoms with Crippen LogP contribution in [0.25, 0.3) is 0 Å². The van der Waals surface area contributed by atoms with Crippen LogP contribution < -0.4 is 0 Å². The zero-order valence-corrected chi connectivity index (χ0v) is 20.3. The topological polar surface area (TPSA) is 105 Å². The number of carbonyl (C=O) groups is 4. The Labute approximate surface area is 202 Å². The van der Waals surface area contributed by atoms with Gasteiger partial charge in [0.1, 0.15) is 0 Å². The summed E-state index contributed by atoms with van der Waals surface area (Å²) in [7, 11) is 4.86. The monoisotopic (exact) mass is 526 g/mol. The Bertz CT molecular complexity index is 957. The minimum Gasteiger partial charge on any atom is -0.349 e. The summed E-state index contributed by atoms with van der Waals surface area (Å²) in [6.45, 7) is 0. The standard InChI is InChI=1S/C20H18Cl4O8/c1-29-19(30-2)15(21)7-5-6-8-10(9(7)17(19,23)13(27)11(15)25)18(24)14(28)12(26)16(8,22)20(18,31-3)32-4/h5-10H,1-4H3/t7-,8-,9-,10-,15-,16-,17+,18+/m0/s1. The molecule has 0 amide bonds. The molecule has 0 aromatic rings. The molecule has 0 saturated heterocycles. The molecule has 4 saturated carbocycles. The number of carbonyl (C=O) groups excluding carboxylic acids is 4. The molecule has 0 spiro atoms. The fraction of sp³-hybridized carbons (Fsp3) is 0.700. The molecule has 0 unspecified atom stereocenters. The van der Waals surface area contributed by atoms with Crippen molar-refractivity contribution in [2.45, 2.75) is 31.1 Å². The van der Waals surface area contributed by atoms with Crippen LogP contribution in [0.4, 0.5) is 0 Å². The molecule has 0 aromatic carbocycles. The van der Waals surface area contributed by atoms with Gasteiger partial charge in [-0.3, -0.25) is 19.2 Å². The number of allylic oxidation sites excluding steroid dienone is 2. The van der Waals surface area contributed by atoms with Crippen LogP contribution in [0, 0.1) is 23.7 Å². The van der Waals surface area contributed by atoms with Crippen LogP contribution in [-0.2, 0) is 38.1 Å². The normalized spacial score (nSPS) is 51.5. The highest BCUT2D eigenvalue weighted by atomic mass is 35.5. The number of halogens is 4. The van der Waals surface area contributed by atoms with Crippen LogP contribution in [0.5, 0.6) is 0 Å². The fourth-order valence-corrected chi connectivity index (χ4v) is 9.91. The van der Waals surface area contributed by atoms with Crippen LogP contribution in [-0.4, -0.2) is 82.6 Å². The van der Waals surface area contributed by atoms with Gasteiger partial charge in [0.15, 0.2) is 19.5 Å². The van der Waals surface area contributed by atoms with Crippen LogP contribution in [0.3, 0.4) is 0 Å². The number of hydrogen-bond donors (Lipinski definition) is 0. The van der Waals surface area contributed by atoms with Crippen molar-refractivity contribution in [2.24, 2.45) is 23.7 Å². The van der Waals surface area contributed by atoms with E-state index in [0.29, 0.717) is 0 Å². The Hall–Kier alpha value is -0.580. The summed E-state index contributed by atoms with van der Waals surface area (Å²) in [5, 5.41) is 0. The first-order chi connectivity index (χ1) is 14.8. The van der Waals surface area contributed by atoms with Gasteiger partial charge >= 0.3 is 0 Å². The lowest BCUT2D eigenvalue weighted by Crippen LogP contribution is -2.63. The van der Waals surface area contributed by atoms with E-state index in [9.17, 15) is 19.2 Å². The quantitative estimate of drug-likeness (QED) is 0.233. The maximum atomic E-state index is 13.3. The SMILES string of the molecule is COC1(OC)[C@@]2(Cl)C(=O)C(=O)[C@]1(Cl)[C@@H]1[C@@H]3[C@H](C=C[C@@H]12)[C@]1(Cl)C(=O)C(=O)[C@@]3(Cl)C1(OC)OC. The summed E-state index contributed by atoms with van der Waals surface area (Å²) in [5.74, 6) is -12.2. The Morgan fingerprint density at radius 1 is 0.562 bits per heavy atom. The predicted molar refractivity (Wildman–Crippen MR) is 111 cm³/mol. The van der Waals surface area contributed by atoms with Crippen molar-refractivity contribution in [3.8, 4) is 0 Å². The van der Waals surface area contributed by atoms with Gasteiger partial charge in [-0.1, -0.05) is 12.2 Å². The van der Waals surface area contributed by atoms with Crippen LogP contribution in [0.15, 0.2) is 12.2 Å². The van der Waals surface area contributed by atoms with Crippen molar-refractivity contribution in [3.05, 3.63) is 12.2 Å². The second kappa shape index (κ2) is 6.15. The molecule has 4 fully saturated rings. The second-order valence-corrected chi connectivity index (χ2v) is 11.1. The Morgan fingerprint density at radius 3 is 1.06 bits per heavy atom. The van der Waals surface area contributed by atoms with E-state index in [2.05, 4.69) is 0 Å². The summed E-state index contributed by atoms with van der Waals surface area (Å²) in [6, 6.07) is 0. The molecule has 174 valence electrons. The third-order valence-corrected chi connectivity index (χ3v) is 11.0. The fourth-order valence-electron chi connectivity index (χ4n) is 7.30. The molecule has 4 bridgehead atoms. The molecule has 32 heavy (non-hydrogen) atoms. The highest BCUT2D eigenvalue weighted by molar-refractivity contribution is 6.67. The summed E-state index contributed by atoms with van der Waals surface area (Å²) >= 11 is 27.7. The number of alkyl halides is 4. The van der Waals surface area contributed by atoms with Gasteiger partial charge < -0.3 is 18.9 Å². The van der Waals surface area contributed by atoms with E-state index in [1.807, 2.05) is 0 Å². The summed E-state index contributed by atoms with van der Waals surface area (Å²) in [6.07, 6.45) is 3.11. The Balaban J connectivity index is 1.85. The maximum Gasteiger partial charge on any atom is 0.227 e. The van der Waals surface area contributed by atoms with Crippen LogP contribution in [0.2, 0.25) is 0 Å². The van der Waals surface area contributed by atoms with Crippen molar-refractivity contribution in [3.63, 3.8) is 0 Å². The molecule has 0 N–H and O–H groups in total. The molecule has 0 aliphatic heterocycles. The molecule has 5 aliphatic rings. The van der Waals surface area contributed by atoms with E-state index < -0.39 is 77.9 Å². The highest BCUT2D eigenvalue weighted by Crippen LogP contribution is 2.78. The van der Waals surface area contributed by atoms with Crippen molar-refractivity contribution in [1.82, 2.24) is 0 Å². The van der Waals surface area contributed by atoms with E-state index in [0.717, 1.165) is 0 Å². The van der Waals surface area contributed by atoms with Gasteiger partial charge in [0.25, 0.3) is 0 Å². The number of hydrogen-bond acceptors (Lipinski definition) is 8. The number of Topliss-reactive ketones (excluding diaryl/α,β-unsaturated/α-hetero) is 4. The zero-order valence-electron chi connectivity index (χ0n) is 17.2. The summed E-state index contributed by atoms with van der Waals surface area (Å²) in [4.78, 5) is 44.2. The molecule has 0 heterocycles. The van der Waals surface area contributed by atoms with Gasteiger partial charge in [-0.25, -0.2) is 0 Å². The third-order valence-electron chi connectivity index (χ3n) is 8.32. The predicted octanol–water partition coefficient (Wildman–Crippen LogP) is 1.24. The third kappa shape index (κ3) is 1.64. The average molecular weight is 528 g/mol. The van der Waals surface area contributed by atoms with Gasteiger partial charge in [-0.15, -0.1) is 46.4 Å². The van der Waals surface area contributed by atoms with Crippen molar-refractivity contribution < 1.29 is 38.1 Å². The molecule has 5 aliphatic carbocycles. The van der Waals surface area contributed by atoms with E-state index in [-0.39, 0.29) is 0 Å². The molecule has 0 aromatic heterocycles. The number of ketones is 4. The maximum absolute atomic E-state index is 13.3. The number of methoxy groups -OCH3 is 4. The lowest BCUT2D eigenvalue weighted by atomic mass is 9.59. The van der Waals surface area contributed by atoms with E-state index in [4.69, 9.17) is 65.4 Å². The first-order valence-electron chi connectivity index (χ1n) is 9.68. The molecule has 8 atom stereocenters. The molecule has 8 nitrogen and oxygen atoms in total. The molecule has 0 radical (unpaired) electrons. The molecule has 5 rings (SSSR count). The summed E-state index contributed by atoms with van der Waals surface area (Å²) < 4.78 is 22.2. The largest absolute Gasteiger partial charge is 0.349 e. The van der Waals surface area contributed by atoms with Crippen LogP contribution >= 0.6 is 46.4 Å². The number of rotatable bonds is 4. The summed E-state index contributed by atoms with van der Waals surface area (Å²) in [5.41, 5.74) is 0. The average Bonchev–Trinajstić information content (AvgIpc) is 3.20. The first-order valence-corrected chi connectivity index (χ1v) is 11.2. The molecular formula is C20H18Cl4O8. The molecular weight excluding hydrogens is 510 g/mol. The zero-order chi connectivity index (χ0) is 23.9. The van der Waals surface area contributed by atoms with Crippen molar-refractivity contribution >= 4 is 69.5 Å². The van der Waals surface area contributed by atoms with Gasteiger partial charge in [-0.2, -0.15) is 0 Å². The van der Waals surface area contributed by atoms with Gasteiger partial charge in [0.05, 0.1) is 0 Å². The Morgan fingerprint density at radius 2 is 0.812 bits per heavy atom. The van der Waals surface area contributed by atoms with E-state index in [1.165, 1.54) is 28.4 Å². The lowest BCUT2D eigenvalue weighted by molar-refractivity contribution is -0.227. The molecule has 12 heteroatoms. The minimum atomic E-state index is -2.16. The minimum absolute atomic E-state index is 0.933. The Kier molecular flexibility index (Phi) is 4.46. The van der Waals surface area contributed by atoms with Crippen LogP contribution in [0.1, 0.15) is 0 Å². The smallest absolute Gasteiger partial charge is 0.227 e. The second-order valence-electron chi connectivity index (χ2n) is 8.70. The highest BCUT2D eigenvalue weighted by Gasteiger charge is 2.97. The van der Waals surface area contributed by atoms with Gasteiger partial charge in [0, 0.05) is 52.1 Å². The number of ether oxygens (including phenoxy) is 4. The van der Waals surface area contributed by atoms with E-state index >= 15 is 0 Å². The number of fused-ring (bicyclic) bond motifs is 11. The lowest BCUT2D eigenvalue weighted by Gasteiger charge is -2.47. The van der Waals surface area contributed by atoms with Crippen molar-refractivity contribution in [1.29, 1.82) is 0 Å². The van der Waals surface area contributed by atoms with Crippen molar-refractivity contribution in [2.75, 3.05) is 28.4 Å².